The Morgan fingerprint density at radius 1 is 1.24 bits per heavy atom. The third-order valence-corrected chi connectivity index (χ3v) is 5.44. The number of carbonyl (C=O) groups is 1. The molecule has 0 aliphatic carbocycles. The SMILES string of the molecule is Cc1nn(-c2ncccn2)c2c1[C@H](c1ccc(Cl)cc1)SCC(=O)N2. The van der Waals surface area contributed by atoms with E-state index in [1.54, 1.807) is 34.9 Å². The van der Waals surface area contributed by atoms with Crippen LogP contribution in [-0.4, -0.2) is 31.4 Å². The number of fused-ring (bicyclic) bond motifs is 1. The molecule has 2 aromatic heterocycles. The van der Waals surface area contributed by atoms with Crippen LogP contribution in [0.5, 0.6) is 0 Å². The number of nitrogens with zero attached hydrogens (tertiary/aromatic N) is 4. The first kappa shape index (κ1) is 16.1. The minimum absolute atomic E-state index is 0.0244. The maximum absolute atomic E-state index is 12.2. The number of halogens is 1. The van der Waals surface area contributed by atoms with Gasteiger partial charge in [0.25, 0.3) is 5.95 Å². The van der Waals surface area contributed by atoms with Gasteiger partial charge in [0.2, 0.25) is 5.91 Å². The van der Waals surface area contributed by atoms with Gasteiger partial charge in [-0.05, 0) is 30.7 Å². The highest BCUT2D eigenvalue weighted by molar-refractivity contribution is 8.00. The van der Waals surface area contributed by atoms with Crippen molar-refractivity contribution < 1.29 is 4.79 Å². The zero-order valence-corrected chi connectivity index (χ0v) is 14.9. The molecule has 1 amide bonds. The van der Waals surface area contributed by atoms with E-state index in [2.05, 4.69) is 20.4 Å². The van der Waals surface area contributed by atoms with Gasteiger partial charge in [-0.1, -0.05) is 23.7 Å². The molecule has 1 aliphatic heterocycles. The first-order valence-electron chi connectivity index (χ1n) is 7.67. The summed E-state index contributed by atoms with van der Waals surface area (Å²) in [5.41, 5.74) is 2.87. The van der Waals surface area contributed by atoms with E-state index in [4.69, 9.17) is 11.6 Å². The highest BCUT2D eigenvalue weighted by atomic mass is 35.5. The molecule has 0 unspecified atom stereocenters. The fraction of sp³-hybridized carbons (Fsp3) is 0.176. The lowest BCUT2D eigenvalue weighted by atomic mass is 10.0. The number of aromatic nitrogens is 4. The van der Waals surface area contributed by atoms with Crippen LogP contribution in [0.4, 0.5) is 5.82 Å². The molecule has 1 N–H and O–H groups in total. The molecule has 0 fully saturated rings. The summed E-state index contributed by atoms with van der Waals surface area (Å²) in [5, 5.41) is 8.18. The van der Waals surface area contributed by atoms with Crippen molar-refractivity contribution in [2.24, 2.45) is 0 Å². The number of thioether (sulfide) groups is 1. The third-order valence-electron chi connectivity index (χ3n) is 3.92. The standard InChI is InChI=1S/C17H14ClN5OS/c1-10-14-15(11-3-5-12(18)6-4-11)25-9-13(24)21-16(14)23(22-10)17-19-7-2-8-20-17/h2-8,15H,9H2,1H3,(H,21,24)/t15-/m0/s1. The van der Waals surface area contributed by atoms with Crippen LogP contribution in [0.15, 0.2) is 42.7 Å². The zero-order valence-electron chi connectivity index (χ0n) is 13.3. The number of hydrogen-bond donors (Lipinski definition) is 1. The van der Waals surface area contributed by atoms with Crippen LogP contribution in [0, 0.1) is 6.92 Å². The van der Waals surface area contributed by atoms with Crippen LogP contribution in [-0.2, 0) is 4.79 Å². The van der Waals surface area contributed by atoms with Gasteiger partial charge in [0.1, 0.15) is 5.82 Å². The summed E-state index contributed by atoms with van der Waals surface area (Å²) < 4.78 is 1.59. The number of anilines is 1. The van der Waals surface area contributed by atoms with E-state index < -0.39 is 0 Å². The van der Waals surface area contributed by atoms with Gasteiger partial charge >= 0.3 is 0 Å². The summed E-state index contributed by atoms with van der Waals surface area (Å²) in [4.78, 5) is 20.7. The molecule has 4 rings (SSSR count). The van der Waals surface area contributed by atoms with E-state index >= 15 is 0 Å². The number of amides is 1. The minimum Gasteiger partial charge on any atom is -0.309 e. The lowest BCUT2D eigenvalue weighted by Gasteiger charge is -2.15. The predicted molar refractivity (Wildman–Crippen MR) is 98.3 cm³/mol. The third kappa shape index (κ3) is 3.01. The first-order chi connectivity index (χ1) is 12.1. The number of aryl methyl sites for hydroxylation is 1. The Kier molecular flexibility index (Phi) is 4.19. The Labute approximate surface area is 153 Å². The van der Waals surface area contributed by atoms with Gasteiger partial charge in [-0.15, -0.1) is 11.8 Å². The smallest absolute Gasteiger partial charge is 0.252 e. The van der Waals surface area contributed by atoms with E-state index in [0.717, 1.165) is 16.8 Å². The summed E-state index contributed by atoms with van der Waals surface area (Å²) in [6.07, 6.45) is 3.30. The zero-order chi connectivity index (χ0) is 17.4. The molecule has 3 aromatic rings. The van der Waals surface area contributed by atoms with Crippen LogP contribution in [0.1, 0.15) is 22.1 Å². The summed E-state index contributed by atoms with van der Waals surface area (Å²) in [5.74, 6) is 1.34. The summed E-state index contributed by atoms with van der Waals surface area (Å²) >= 11 is 7.58. The molecule has 3 heterocycles. The van der Waals surface area contributed by atoms with E-state index in [1.807, 2.05) is 31.2 Å². The van der Waals surface area contributed by atoms with Gasteiger partial charge in [0.15, 0.2) is 0 Å². The highest BCUT2D eigenvalue weighted by Crippen LogP contribution is 2.43. The van der Waals surface area contributed by atoms with Crippen molar-refractivity contribution in [1.29, 1.82) is 0 Å². The quantitative estimate of drug-likeness (QED) is 0.747. The van der Waals surface area contributed by atoms with Gasteiger partial charge in [0.05, 0.1) is 16.7 Å². The van der Waals surface area contributed by atoms with Crippen molar-refractivity contribution in [3.8, 4) is 5.95 Å². The van der Waals surface area contributed by atoms with Crippen LogP contribution in [0.2, 0.25) is 5.02 Å². The summed E-state index contributed by atoms with van der Waals surface area (Å²) in [6.45, 7) is 1.93. The van der Waals surface area contributed by atoms with Crippen molar-refractivity contribution in [3.63, 3.8) is 0 Å². The van der Waals surface area contributed by atoms with Crippen LogP contribution in [0.3, 0.4) is 0 Å². The van der Waals surface area contributed by atoms with E-state index in [0.29, 0.717) is 22.5 Å². The molecule has 0 saturated carbocycles. The molecule has 126 valence electrons. The van der Waals surface area contributed by atoms with Crippen LogP contribution >= 0.6 is 23.4 Å². The molecule has 8 heteroatoms. The Hall–Kier alpha value is -2.38. The Morgan fingerprint density at radius 3 is 2.68 bits per heavy atom. The van der Waals surface area contributed by atoms with Crippen molar-refractivity contribution in [3.05, 3.63) is 64.6 Å². The van der Waals surface area contributed by atoms with Gasteiger partial charge in [-0.2, -0.15) is 9.78 Å². The largest absolute Gasteiger partial charge is 0.309 e. The van der Waals surface area contributed by atoms with Gasteiger partial charge in [0, 0.05) is 23.0 Å². The normalized spacial score (nSPS) is 16.9. The second kappa shape index (κ2) is 6.50. The first-order valence-corrected chi connectivity index (χ1v) is 9.10. The van der Waals surface area contributed by atoms with E-state index in [9.17, 15) is 4.79 Å². The lowest BCUT2D eigenvalue weighted by molar-refractivity contribution is -0.113. The molecule has 0 bridgehead atoms. The molecule has 6 nitrogen and oxygen atoms in total. The van der Waals surface area contributed by atoms with Crippen molar-refractivity contribution in [2.45, 2.75) is 12.2 Å². The Bertz CT molecular complexity index is 926. The average molecular weight is 372 g/mol. The average Bonchev–Trinajstić information content (AvgIpc) is 2.83. The van der Waals surface area contributed by atoms with E-state index in [1.165, 1.54) is 0 Å². The van der Waals surface area contributed by atoms with Gasteiger partial charge in [-0.25, -0.2) is 9.97 Å². The highest BCUT2D eigenvalue weighted by Gasteiger charge is 2.31. The fourth-order valence-corrected chi connectivity index (χ4v) is 4.14. The van der Waals surface area contributed by atoms with Crippen molar-refractivity contribution >= 4 is 35.1 Å². The van der Waals surface area contributed by atoms with Gasteiger partial charge < -0.3 is 5.32 Å². The molecule has 0 saturated heterocycles. The summed E-state index contributed by atoms with van der Waals surface area (Å²) in [7, 11) is 0. The molecule has 0 radical (unpaired) electrons. The second-order valence-electron chi connectivity index (χ2n) is 5.60. The van der Waals surface area contributed by atoms with Crippen LogP contribution < -0.4 is 5.32 Å². The minimum atomic E-state index is -0.0696. The maximum Gasteiger partial charge on any atom is 0.252 e. The lowest BCUT2D eigenvalue weighted by Crippen LogP contribution is -2.16. The topological polar surface area (TPSA) is 72.7 Å². The Morgan fingerprint density at radius 2 is 1.96 bits per heavy atom. The molecule has 0 spiro atoms. The number of hydrogen-bond acceptors (Lipinski definition) is 5. The molecular weight excluding hydrogens is 358 g/mol. The number of rotatable bonds is 2. The number of carbonyl (C=O) groups excluding carboxylic acids is 1. The van der Waals surface area contributed by atoms with Crippen molar-refractivity contribution in [1.82, 2.24) is 19.7 Å². The number of nitrogens with one attached hydrogen (secondary N) is 1. The van der Waals surface area contributed by atoms with Crippen LogP contribution in [0.25, 0.3) is 5.95 Å². The summed E-state index contributed by atoms with van der Waals surface area (Å²) in [6, 6.07) is 9.42. The molecule has 1 atom stereocenters. The molecular formula is C17H14ClN5OS. The molecule has 25 heavy (non-hydrogen) atoms. The monoisotopic (exact) mass is 371 g/mol. The van der Waals surface area contributed by atoms with Crippen molar-refractivity contribution in [2.75, 3.05) is 11.1 Å². The van der Waals surface area contributed by atoms with E-state index in [-0.39, 0.29) is 11.2 Å². The number of benzene rings is 1. The molecule has 1 aromatic carbocycles. The predicted octanol–water partition coefficient (Wildman–Crippen LogP) is 3.40. The maximum atomic E-state index is 12.2. The fourth-order valence-electron chi connectivity index (χ4n) is 2.83. The molecule has 1 aliphatic rings. The van der Waals surface area contributed by atoms with Gasteiger partial charge in [-0.3, -0.25) is 4.79 Å². The Balaban J connectivity index is 1.88. The second-order valence-corrected chi connectivity index (χ2v) is 7.13.